The van der Waals surface area contributed by atoms with Gasteiger partial charge in [0.15, 0.2) is 17.5 Å². The molecule has 9 heterocycles. The van der Waals surface area contributed by atoms with E-state index in [1.54, 1.807) is 121 Å². The van der Waals surface area contributed by atoms with Crippen molar-refractivity contribution in [2.75, 3.05) is 161 Å². The molecule has 118 heavy (non-hydrogen) atoms. The lowest BCUT2D eigenvalue weighted by atomic mass is 10.0. The van der Waals surface area contributed by atoms with Crippen LogP contribution in [0.2, 0.25) is 0 Å². The van der Waals surface area contributed by atoms with Gasteiger partial charge in [-0.3, -0.25) is 33.7 Å². The SMILES string of the molecule is CCN1C(=O)c2ccccc2N(C)c2nc(Nc3ccc(C(=O)NC4CCN(C)CC4)cc3OC)ncc21.COc1cc(C(=O)NC2CCN(C)CC2)ccc1Nc1ncc2c(n1)N(C)c1ccccc1C(=O)N2C(C)C.COc1cc(C(=O)NC2CCN(C)CC2)ccc1Nc1ncc2c(n1)N(C)c1ccccc1C(=O)N2CC(F)(F)F. The van der Waals surface area contributed by atoms with Gasteiger partial charge >= 0.3 is 6.18 Å². The van der Waals surface area contributed by atoms with Gasteiger partial charge in [-0.2, -0.15) is 28.1 Å². The van der Waals surface area contributed by atoms with Crippen LogP contribution in [0.25, 0.3) is 0 Å². The van der Waals surface area contributed by atoms with Gasteiger partial charge in [0.05, 0.1) is 90.7 Å². The van der Waals surface area contributed by atoms with Crippen LogP contribution in [0, 0.1) is 0 Å². The van der Waals surface area contributed by atoms with Crippen LogP contribution in [0.3, 0.4) is 0 Å². The van der Waals surface area contributed by atoms with E-state index in [-0.39, 0.29) is 76.7 Å². The first-order chi connectivity index (χ1) is 56.7. The predicted octanol–water partition coefficient (Wildman–Crippen LogP) is 12.3. The molecule has 6 aliphatic heterocycles. The van der Waals surface area contributed by atoms with Gasteiger partial charge in [0.1, 0.15) is 40.9 Å². The highest BCUT2D eigenvalue weighted by Crippen LogP contribution is 2.44. The molecule has 0 bridgehead atoms. The Morgan fingerprint density at radius 2 is 0.737 bits per heavy atom. The number of fused-ring (bicyclic) bond motifs is 6. The number of aromatic nitrogens is 6. The molecule has 0 radical (unpaired) electrons. The Balaban J connectivity index is 0.000000154. The summed E-state index contributed by atoms with van der Waals surface area (Å²) >= 11 is 0. The average Bonchev–Trinajstić information content (AvgIpc) is 1.62. The van der Waals surface area contributed by atoms with Crippen LogP contribution in [0.4, 0.5) is 99.7 Å². The van der Waals surface area contributed by atoms with E-state index >= 15 is 0 Å². The molecule has 9 aromatic rings. The van der Waals surface area contributed by atoms with E-state index in [1.807, 2.05) is 93.2 Å². The van der Waals surface area contributed by atoms with Crippen LogP contribution in [-0.2, 0) is 0 Å². The van der Waals surface area contributed by atoms with E-state index in [0.29, 0.717) is 114 Å². The maximum Gasteiger partial charge on any atom is 0.406 e. The van der Waals surface area contributed by atoms with Gasteiger partial charge in [0.25, 0.3) is 35.4 Å². The number of para-hydroxylation sites is 3. The smallest absolute Gasteiger partial charge is 0.406 e. The highest BCUT2D eigenvalue weighted by atomic mass is 19.4. The summed E-state index contributed by atoms with van der Waals surface area (Å²) in [6, 6.07) is 37.2. The molecule has 3 aromatic heterocycles. The fourth-order valence-corrected chi connectivity index (χ4v) is 15.1. The zero-order valence-electron chi connectivity index (χ0n) is 68.1. The Hall–Kier alpha value is -12.8. The first kappa shape index (κ1) is 83.2. The Morgan fingerprint density at radius 3 is 1.06 bits per heavy atom. The number of piperidine rings is 3. The molecular formula is C85H98F3N21O9. The Labute approximate surface area is 683 Å². The summed E-state index contributed by atoms with van der Waals surface area (Å²) in [5.74, 6) is 2.02. The first-order valence-corrected chi connectivity index (χ1v) is 39.2. The molecule has 0 unspecified atom stereocenters. The minimum absolute atomic E-state index is 0.0659. The number of carbonyl (C=O) groups excluding carboxylic acids is 6. The number of benzene rings is 6. The molecular weight excluding hydrogens is 1520 g/mol. The van der Waals surface area contributed by atoms with Gasteiger partial charge < -0.3 is 85.3 Å². The second-order valence-electron chi connectivity index (χ2n) is 30.0. The fourth-order valence-electron chi connectivity index (χ4n) is 15.1. The van der Waals surface area contributed by atoms with E-state index in [2.05, 4.69) is 87.7 Å². The number of amides is 6. The van der Waals surface area contributed by atoms with Crippen molar-refractivity contribution in [1.29, 1.82) is 0 Å². The molecule has 0 saturated carbocycles. The van der Waals surface area contributed by atoms with E-state index in [9.17, 15) is 41.9 Å². The number of hydrogen-bond acceptors (Lipinski definition) is 24. The number of carbonyl (C=O) groups is 6. The molecule has 3 fully saturated rings. The number of nitrogens with zero attached hydrogens (tertiary/aromatic N) is 15. The molecule has 33 heteroatoms. The van der Waals surface area contributed by atoms with Crippen LogP contribution < -0.4 is 75.5 Å². The van der Waals surface area contributed by atoms with Crippen molar-refractivity contribution in [3.05, 3.63) is 179 Å². The van der Waals surface area contributed by atoms with Crippen LogP contribution in [0.15, 0.2) is 146 Å². The van der Waals surface area contributed by atoms with Crippen molar-refractivity contribution < 1.29 is 56.1 Å². The van der Waals surface area contributed by atoms with Gasteiger partial charge in [0.2, 0.25) is 17.8 Å². The zero-order chi connectivity index (χ0) is 83.8. The highest BCUT2D eigenvalue weighted by molar-refractivity contribution is 6.16. The number of rotatable bonds is 18. The minimum atomic E-state index is -4.64. The molecule has 6 N–H and O–H groups in total. The highest BCUT2D eigenvalue weighted by Gasteiger charge is 2.40. The average molecular weight is 1610 g/mol. The molecule has 30 nitrogen and oxygen atoms in total. The molecule has 15 rings (SSSR count). The summed E-state index contributed by atoms with van der Waals surface area (Å²) in [6.07, 6.45) is 5.37. The normalized spacial score (nSPS) is 16.0. The van der Waals surface area contributed by atoms with Crippen molar-refractivity contribution in [3.63, 3.8) is 0 Å². The number of hydrogen-bond donors (Lipinski definition) is 6. The summed E-state index contributed by atoms with van der Waals surface area (Å²) in [6.45, 7) is 10.6. The van der Waals surface area contributed by atoms with Gasteiger partial charge in [-0.15, -0.1) is 0 Å². The summed E-state index contributed by atoms with van der Waals surface area (Å²) < 4.78 is 57.2. The monoisotopic (exact) mass is 1610 g/mol. The molecule has 6 aliphatic rings. The van der Waals surface area contributed by atoms with Gasteiger partial charge in [-0.25, -0.2) is 15.0 Å². The third-order valence-electron chi connectivity index (χ3n) is 21.7. The first-order valence-electron chi connectivity index (χ1n) is 39.2. The molecule has 0 spiro atoms. The molecule has 618 valence electrons. The number of ether oxygens (including phenoxy) is 3. The number of halogens is 3. The molecule has 3 saturated heterocycles. The number of anilines is 15. The molecule has 0 aliphatic carbocycles. The lowest BCUT2D eigenvalue weighted by Gasteiger charge is -2.29. The molecule has 6 aromatic carbocycles. The third-order valence-corrected chi connectivity index (χ3v) is 21.7. The van der Waals surface area contributed by atoms with Crippen molar-refractivity contribution >= 4 is 122 Å². The van der Waals surface area contributed by atoms with Crippen molar-refractivity contribution in [1.82, 2.24) is 60.6 Å². The van der Waals surface area contributed by atoms with E-state index in [4.69, 9.17) is 24.2 Å². The maximum absolute atomic E-state index is 13.5. The Kier molecular flexibility index (Phi) is 25.5. The van der Waals surface area contributed by atoms with Crippen molar-refractivity contribution in [2.24, 2.45) is 0 Å². The number of nitrogens with one attached hydrogen (secondary N) is 6. The van der Waals surface area contributed by atoms with E-state index < -0.39 is 18.6 Å². The van der Waals surface area contributed by atoms with Crippen LogP contribution >= 0.6 is 0 Å². The van der Waals surface area contributed by atoms with Gasteiger partial charge in [-0.05, 0) is 211 Å². The lowest BCUT2D eigenvalue weighted by Crippen LogP contribution is -2.43. The number of alkyl halides is 3. The van der Waals surface area contributed by atoms with E-state index in [0.717, 1.165) is 89.2 Å². The second kappa shape index (κ2) is 36.2. The van der Waals surface area contributed by atoms with Crippen LogP contribution in [-0.4, -0.2) is 226 Å². The Bertz CT molecular complexity index is 5210. The van der Waals surface area contributed by atoms with Crippen LogP contribution in [0.5, 0.6) is 17.2 Å². The predicted molar refractivity (Wildman–Crippen MR) is 449 cm³/mol. The number of methoxy groups -OCH3 is 3. The Morgan fingerprint density at radius 1 is 0.432 bits per heavy atom. The van der Waals surface area contributed by atoms with Crippen molar-refractivity contribution in [3.8, 4) is 17.2 Å². The van der Waals surface area contributed by atoms with Crippen LogP contribution in [0.1, 0.15) is 121 Å². The summed E-state index contributed by atoms with van der Waals surface area (Å²) in [7, 11) is 16.2. The third kappa shape index (κ3) is 18.5. The zero-order valence-corrected chi connectivity index (χ0v) is 68.1. The summed E-state index contributed by atoms with van der Waals surface area (Å²) in [4.78, 5) is 122. The second-order valence-corrected chi connectivity index (χ2v) is 30.0. The summed E-state index contributed by atoms with van der Waals surface area (Å²) in [5.41, 5.74) is 7.66. The lowest BCUT2D eigenvalue weighted by molar-refractivity contribution is -0.118. The van der Waals surface area contributed by atoms with Crippen molar-refractivity contribution in [2.45, 2.75) is 89.6 Å². The topological polar surface area (TPSA) is 309 Å². The maximum atomic E-state index is 13.5. The largest absolute Gasteiger partial charge is 0.495 e. The summed E-state index contributed by atoms with van der Waals surface area (Å²) in [5, 5.41) is 18.8. The van der Waals surface area contributed by atoms with Gasteiger partial charge in [-0.1, -0.05) is 36.4 Å². The van der Waals surface area contributed by atoms with Gasteiger partial charge in [0, 0.05) is 68.5 Å². The standard InChI is InChI=1S/C29H35N7O3.C28H30F3N7O3.C28H33N7O3/c1-18(2)36-24-17-30-29(33-26(24)35(4)23-9-7-6-8-21(23)28(36)38)32-22-11-10-19(16-25(22)39-5)27(37)31-20-12-14-34(3)15-13-20;1-36-12-10-18(11-13-36)33-25(39)17-8-9-20(23(14-17)41-3)34-27-32-15-22-24(35-27)37(2)21-7-5-4-6-19(21)26(40)38(22)16-28(29,30)31;1-5-35-23-17-29-28(32-25(23)34(3)22-9-7-6-8-20(22)27(35)37)31-21-11-10-18(16-24(21)38-4)26(36)30-19-12-14-33(2)15-13-19/h6-11,16-18,20H,12-15H2,1-5H3,(H,31,37)(H,30,32,33);4-9,14-15,18H,10-13,16H2,1-3H3,(H,33,39)(H,32,34,35);6-11,16-17,19H,5,12-15H2,1-4H3,(H,30,36)(H,29,31,32). The molecule has 0 atom stereocenters. The number of likely N-dealkylation sites (tertiary alicyclic amines) is 3. The fraction of sp³-hybridized carbons (Fsp3) is 0.365. The minimum Gasteiger partial charge on any atom is -0.495 e. The van der Waals surface area contributed by atoms with E-state index in [1.165, 1.54) is 19.4 Å². The quantitative estimate of drug-likeness (QED) is 0.0465. The molecule has 6 amide bonds.